The lowest BCUT2D eigenvalue weighted by atomic mass is 10.2. The highest BCUT2D eigenvalue weighted by molar-refractivity contribution is 7.98. The smallest absolute Gasteiger partial charge is 0.191 e. The van der Waals surface area contributed by atoms with Crippen LogP contribution in [0.5, 0.6) is 0 Å². The molecule has 0 atom stereocenters. The maximum atomic E-state index is 5.98. The van der Waals surface area contributed by atoms with E-state index in [0.29, 0.717) is 5.02 Å². The van der Waals surface area contributed by atoms with Gasteiger partial charge in [0, 0.05) is 28.3 Å². The molecule has 0 saturated carbocycles. The van der Waals surface area contributed by atoms with Gasteiger partial charge in [-0.3, -0.25) is 4.98 Å². The number of hydrogen-bond donors (Lipinski definition) is 0. The number of pyridine rings is 1. The van der Waals surface area contributed by atoms with Crippen LogP contribution in [0.25, 0.3) is 22.3 Å². The van der Waals surface area contributed by atoms with E-state index < -0.39 is 0 Å². The van der Waals surface area contributed by atoms with Gasteiger partial charge in [0.15, 0.2) is 11.0 Å². The van der Waals surface area contributed by atoms with E-state index in [1.165, 1.54) is 0 Å². The standard InChI is InChI=1S/C20H17ClN4S/c1-2-25-19(15-7-10-16(21)11-8-15)23-24-20(25)26-13-17-12-9-14-5-3-4-6-18(14)22-17/h3-12H,2,13H2,1H3. The average molecular weight is 381 g/mol. The molecule has 0 saturated heterocycles. The molecule has 4 rings (SSSR count). The first-order chi connectivity index (χ1) is 12.7. The van der Waals surface area contributed by atoms with E-state index in [-0.39, 0.29) is 0 Å². The molecule has 0 radical (unpaired) electrons. The second-order valence-electron chi connectivity index (χ2n) is 5.84. The van der Waals surface area contributed by atoms with Gasteiger partial charge < -0.3 is 4.57 Å². The number of aromatic nitrogens is 4. The van der Waals surface area contributed by atoms with Crippen molar-refractivity contribution in [2.24, 2.45) is 0 Å². The van der Waals surface area contributed by atoms with Crippen molar-refractivity contribution >= 4 is 34.3 Å². The summed E-state index contributed by atoms with van der Waals surface area (Å²) in [6, 6.07) is 20.0. The number of fused-ring (bicyclic) bond motifs is 1. The van der Waals surface area contributed by atoms with Gasteiger partial charge in [-0.15, -0.1) is 10.2 Å². The number of rotatable bonds is 5. The number of thioether (sulfide) groups is 1. The molecule has 0 N–H and O–H groups in total. The normalized spacial score (nSPS) is 11.2. The summed E-state index contributed by atoms with van der Waals surface area (Å²) in [6.07, 6.45) is 0. The van der Waals surface area contributed by atoms with Crippen LogP contribution in [0.3, 0.4) is 0 Å². The molecule has 0 unspecified atom stereocenters. The molecule has 0 amide bonds. The highest BCUT2D eigenvalue weighted by Crippen LogP contribution is 2.27. The van der Waals surface area contributed by atoms with E-state index in [0.717, 1.165) is 45.4 Å². The third-order valence-corrected chi connectivity index (χ3v) is 5.39. The summed E-state index contributed by atoms with van der Waals surface area (Å²) in [6.45, 7) is 2.90. The second kappa shape index (κ2) is 7.48. The van der Waals surface area contributed by atoms with E-state index in [1.807, 2.05) is 42.5 Å². The lowest BCUT2D eigenvalue weighted by Gasteiger charge is -2.07. The summed E-state index contributed by atoms with van der Waals surface area (Å²) in [4.78, 5) is 4.73. The van der Waals surface area contributed by atoms with Gasteiger partial charge in [0.1, 0.15) is 0 Å². The quantitative estimate of drug-likeness (QED) is 0.431. The van der Waals surface area contributed by atoms with Gasteiger partial charge in [0.25, 0.3) is 0 Å². The molecule has 0 spiro atoms. The van der Waals surface area contributed by atoms with Crippen LogP contribution in [0, 0.1) is 0 Å². The van der Waals surface area contributed by atoms with Crippen molar-refractivity contribution in [2.45, 2.75) is 24.4 Å². The maximum absolute atomic E-state index is 5.98. The Hall–Kier alpha value is -2.37. The number of para-hydroxylation sites is 1. The fourth-order valence-electron chi connectivity index (χ4n) is 2.82. The number of nitrogens with zero attached hydrogens (tertiary/aromatic N) is 4. The SMILES string of the molecule is CCn1c(SCc2ccc3ccccc3n2)nnc1-c1ccc(Cl)cc1. The molecule has 0 aliphatic heterocycles. The van der Waals surface area contributed by atoms with E-state index in [9.17, 15) is 0 Å². The molecule has 0 fully saturated rings. The van der Waals surface area contributed by atoms with Crippen LogP contribution in [0.4, 0.5) is 0 Å². The minimum absolute atomic E-state index is 0.716. The molecular formula is C20H17ClN4S. The summed E-state index contributed by atoms with van der Waals surface area (Å²) in [5.41, 5.74) is 3.07. The highest BCUT2D eigenvalue weighted by Gasteiger charge is 2.13. The Morgan fingerprint density at radius 1 is 0.962 bits per heavy atom. The van der Waals surface area contributed by atoms with Crippen molar-refractivity contribution in [3.05, 3.63) is 71.4 Å². The van der Waals surface area contributed by atoms with Gasteiger partial charge in [0.2, 0.25) is 0 Å². The predicted octanol–water partition coefficient (Wildman–Crippen LogP) is 5.46. The summed E-state index contributed by atoms with van der Waals surface area (Å²) in [7, 11) is 0. The molecule has 130 valence electrons. The molecule has 0 aliphatic carbocycles. The van der Waals surface area contributed by atoms with Gasteiger partial charge in [-0.1, -0.05) is 47.6 Å². The van der Waals surface area contributed by atoms with Crippen molar-refractivity contribution in [2.75, 3.05) is 0 Å². The maximum Gasteiger partial charge on any atom is 0.191 e. The van der Waals surface area contributed by atoms with Crippen LogP contribution < -0.4 is 0 Å². The largest absolute Gasteiger partial charge is 0.302 e. The molecule has 2 aromatic heterocycles. The zero-order valence-corrected chi connectivity index (χ0v) is 15.8. The molecule has 0 aliphatic rings. The second-order valence-corrected chi connectivity index (χ2v) is 7.22. The van der Waals surface area contributed by atoms with Gasteiger partial charge in [-0.2, -0.15) is 0 Å². The van der Waals surface area contributed by atoms with Gasteiger partial charge in [-0.05, 0) is 43.3 Å². The Balaban J connectivity index is 1.57. The first-order valence-electron chi connectivity index (χ1n) is 8.41. The zero-order chi connectivity index (χ0) is 17.9. The van der Waals surface area contributed by atoms with Crippen LogP contribution in [0.1, 0.15) is 12.6 Å². The Kier molecular flexibility index (Phi) is 4.91. The molecule has 0 bridgehead atoms. The lowest BCUT2D eigenvalue weighted by molar-refractivity contribution is 0.687. The molecular weight excluding hydrogens is 364 g/mol. The van der Waals surface area contributed by atoms with E-state index >= 15 is 0 Å². The minimum Gasteiger partial charge on any atom is -0.302 e. The number of benzene rings is 2. The third kappa shape index (κ3) is 3.45. The monoisotopic (exact) mass is 380 g/mol. The van der Waals surface area contributed by atoms with Crippen molar-refractivity contribution < 1.29 is 0 Å². The Morgan fingerprint density at radius 2 is 1.77 bits per heavy atom. The van der Waals surface area contributed by atoms with Crippen LogP contribution in [-0.4, -0.2) is 19.7 Å². The summed E-state index contributed by atoms with van der Waals surface area (Å²) < 4.78 is 2.12. The average Bonchev–Trinajstić information content (AvgIpc) is 3.09. The molecule has 26 heavy (non-hydrogen) atoms. The van der Waals surface area contributed by atoms with Crippen LogP contribution in [0.15, 0.2) is 65.8 Å². The van der Waals surface area contributed by atoms with Crippen LogP contribution in [-0.2, 0) is 12.3 Å². The van der Waals surface area contributed by atoms with Crippen molar-refractivity contribution in [3.8, 4) is 11.4 Å². The fraction of sp³-hybridized carbons (Fsp3) is 0.150. The van der Waals surface area contributed by atoms with E-state index in [2.05, 4.69) is 39.9 Å². The van der Waals surface area contributed by atoms with Gasteiger partial charge >= 0.3 is 0 Å². The van der Waals surface area contributed by atoms with Crippen LogP contribution >= 0.6 is 23.4 Å². The number of hydrogen-bond acceptors (Lipinski definition) is 4. The van der Waals surface area contributed by atoms with Crippen molar-refractivity contribution in [1.82, 2.24) is 19.7 Å². The fourth-order valence-corrected chi connectivity index (χ4v) is 3.85. The van der Waals surface area contributed by atoms with Crippen molar-refractivity contribution in [1.29, 1.82) is 0 Å². The number of halogens is 1. The Labute approximate surface area is 161 Å². The van der Waals surface area contributed by atoms with Crippen LogP contribution in [0.2, 0.25) is 5.02 Å². The molecule has 4 nitrogen and oxygen atoms in total. The predicted molar refractivity (Wildman–Crippen MR) is 107 cm³/mol. The molecule has 2 heterocycles. The summed E-state index contributed by atoms with van der Waals surface area (Å²) in [5, 5.41) is 11.5. The van der Waals surface area contributed by atoms with Gasteiger partial charge in [-0.25, -0.2) is 0 Å². The summed E-state index contributed by atoms with van der Waals surface area (Å²) in [5.74, 6) is 1.61. The minimum atomic E-state index is 0.716. The van der Waals surface area contributed by atoms with Crippen molar-refractivity contribution in [3.63, 3.8) is 0 Å². The van der Waals surface area contributed by atoms with E-state index in [1.54, 1.807) is 11.8 Å². The first kappa shape index (κ1) is 17.1. The highest BCUT2D eigenvalue weighted by atomic mass is 35.5. The summed E-state index contributed by atoms with van der Waals surface area (Å²) >= 11 is 7.64. The Morgan fingerprint density at radius 3 is 2.58 bits per heavy atom. The third-order valence-electron chi connectivity index (χ3n) is 4.14. The molecule has 6 heteroatoms. The molecule has 2 aromatic carbocycles. The molecule has 4 aromatic rings. The van der Waals surface area contributed by atoms with Gasteiger partial charge in [0.05, 0.1) is 11.2 Å². The topological polar surface area (TPSA) is 43.6 Å². The Bertz CT molecular complexity index is 1040. The lowest BCUT2D eigenvalue weighted by Crippen LogP contribution is -2.00. The van der Waals surface area contributed by atoms with E-state index in [4.69, 9.17) is 16.6 Å². The first-order valence-corrected chi connectivity index (χ1v) is 9.77. The zero-order valence-electron chi connectivity index (χ0n) is 14.3.